The second kappa shape index (κ2) is 5.86. The normalized spacial score (nSPS) is 15.4. The molecule has 0 spiro atoms. The summed E-state index contributed by atoms with van der Waals surface area (Å²) in [6.45, 7) is 7.73. The van der Waals surface area contributed by atoms with E-state index in [0.717, 1.165) is 24.6 Å². The number of furan rings is 1. The molecule has 2 unspecified atom stereocenters. The molecule has 0 aliphatic heterocycles. The summed E-state index contributed by atoms with van der Waals surface area (Å²) in [6, 6.07) is 4.36. The predicted octanol–water partition coefficient (Wildman–Crippen LogP) is 3.37. The first-order valence-electron chi connectivity index (χ1n) is 5.54. The molecule has 14 heavy (non-hydrogen) atoms. The number of hydrogen-bond donors (Lipinski definition) is 1. The first-order valence-corrected chi connectivity index (χ1v) is 5.54. The molecule has 0 saturated carbocycles. The Morgan fingerprint density at radius 1 is 1.36 bits per heavy atom. The first-order chi connectivity index (χ1) is 6.77. The van der Waals surface area contributed by atoms with Gasteiger partial charge in [-0.05, 0) is 31.0 Å². The Labute approximate surface area is 86.7 Å². The Balaban J connectivity index is 2.40. The average Bonchev–Trinajstić information content (AvgIpc) is 2.72. The lowest BCUT2D eigenvalue weighted by atomic mass is 10.1. The fraction of sp³-hybridized carbons (Fsp3) is 0.667. The molecular formula is C12H21NO. The predicted molar refractivity (Wildman–Crippen MR) is 59.2 cm³/mol. The fourth-order valence-corrected chi connectivity index (χ4v) is 1.42. The second-order valence-corrected chi connectivity index (χ2v) is 3.90. The van der Waals surface area contributed by atoms with Crippen molar-refractivity contribution in [2.45, 2.75) is 39.7 Å². The SMILES string of the molecule is CCC(C)CNC(CC)c1ccco1. The molecule has 0 amide bonds. The van der Waals surface area contributed by atoms with E-state index < -0.39 is 0 Å². The molecule has 1 aromatic heterocycles. The minimum absolute atomic E-state index is 0.374. The Bertz CT molecular complexity index is 230. The molecule has 1 rings (SSSR count). The Hall–Kier alpha value is -0.760. The van der Waals surface area contributed by atoms with Gasteiger partial charge in [0.1, 0.15) is 5.76 Å². The zero-order chi connectivity index (χ0) is 10.4. The van der Waals surface area contributed by atoms with Gasteiger partial charge in [-0.1, -0.05) is 27.2 Å². The van der Waals surface area contributed by atoms with E-state index in [2.05, 4.69) is 26.1 Å². The van der Waals surface area contributed by atoms with Gasteiger partial charge in [0.25, 0.3) is 0 Å². The molecular weight excluding hydrogens is 174 g/mol. The molecule has 0 aliphatic carbocycles. The van der Waals surface area contributed by atoms with Crippen LogP contribution in [0.5, 0.6) is 0 Å². The van der Waals surface area contributed by atoms with Crippen LogP contribution in [0, 0.1) is 5.92 Å². The van der Waals surface area contributed by atoms with Crippen molar-refractivity contribution in [1.82, 2.24) is 5.32 Å². The highest BCUT2D eigenvalue weighted by molar-refractivity contribution is 5.03. The third-order valence-electron chi connectivity index (χ3n) is 2.70. The van der Waals surface area contributed by atoms with Crippen molar-refractivity contribution in [3.8, 4) is 0 Å². The minimum atomic E-state index is 0.374. The number of rotatable bonds is 6. The van der Waals surface area contributed by atoms with Gasteiger partial charge in [0.15, 0.2) is 0 Å². The number of nitrogens with one attached hydrogen (secondary N) is 1. The standard InChI is InChI=1S/C12H21NO/c1-4-10(3)9-13-11(5-2)12-7-6-8-14-12/h6-8,10-11,13H,4-5,9H2,1-3H3. The highest BCUT2D eigenvalue weighted by Gasteiger charge is 2.11. The summed E-state index contributed by atoms with van der Waals surface area (Å²) < 4.78 is 5.39. The van der Waals surface area contributed by atoms with Crippen LogP contribution >= 0.6 is 0 Å². The van der Waals surface area contributed by atoms with E-state index in [4.69, 9.17) is 4.42 Å². The van der Waals surface area contributed by atoms with Gasteiger partial charge in [-0.2, -0.15) is 0 Å². The van der Waals surface area contributed by atoms with Crippen LogP contribution in [0.15, 0.2) is 22.8 Å². The summed E-state index contributed by atoms with van der Waals surface area (Å²) in [4.78, 5) is 0. The van der Waals surface area contributed by atoms with E-state index in [0.29, 0.717) is 6.04 Å². The van der Waals surface area contributed by atoms with Crippen LogP contribution in [0.2, 0.25) is 0 Å². The van der Waals surface area contributed by atoms with Crippen molar-refractivity contribution < 1.29 is 4.42 Å². The summed E-state index contributed by atoms with van der Waals surface area (Å²) >= 11 is 0. The zero-order valence-corrected chi connectivity index (χ0v) is 9.42. The summed E-state index contributed by atoms with van der Waals surface area (Å²) in [7, 11) is 0. The van der Waals surface area contributed by atoms with Crippen LogP contribution in [-0.2, 0) is 0 Å². The molecule has 0 radical (unpaired) electrons. The smallest absolute Gasteiger partial charge is 0.120 e. The number of hydrogen-bond acceptors (Lipinski definition) is 2. The van der Waals surface area contributed by atoms with E-state index in [-0.39, 0.29) is 0 Å². The van der Waals surface area contributed by atoms with E-state index in [9.17, 15) is 0 Å². The Kier molecular flexibility index (Phi) is 4.74. The third kappa shape index (κ3) is 3.18. The van der Waals surface area contributed by atoms with Gasteiger partial charge in [0.05, 0.1) is 12.3 Å². The van der Waals surface area contributed by atoms with Crippen LogP contribution in [0.25, 0.3) is 0 Å². The lowest BCUT2D eigenvalue weighted by molar-refractivity contribution is 0.377. The third-order valence-corrected chi connectivity index (χ3v) is 2.70. The lowest BCUT2D eigenvalue weighted by Gasteiger charge is -2.17. The summed E-state index contributed by atoms with van der Waals surface area (Å²) in [5, 5.41) is 3.53. The molecule has 80 valence electrons. The molecule has 2 heteroatoms. The first kappa shape index (κ1) is 11.3. The van der Waals surface area contributed by atoms with Crippen molar-refractivity contribution in [3.63, 3.8) is 0 Å². The molecule has 1 N–H and O–H groups in total. The van der Waals surface area contributed by atoms with Crippen LogP contribution in [-0.4, -0.2) is 6.54 Å². The van der Waals surface area contributed by atoms with Crippen molar-refractivity contribution in [1.29, 1.82) is 0 Å². The molecule has 1 aromatic rings. The zero-order valence-electron chi connectivity index (χ0n) is 9.42. The van der Waals surface area contributed by atoms with Crippen LogP contribution in [0.3, 0.4) is 0 Å². The Morgan fingerprint density at radius 3 is 2.64 bits per heavy atom. The highest BCUT2D eigenvalue weighted by atomic mass is 16.3. The van der Waals surface area contributed by atoms with Gasteiger partial charge in [-0.15, -0.1) is 0 Å². The van der Waals surface area contributed by atoms with Crippen LogP contribution in [0.4, 0.5) is 0 Å². The maximum Gasteiger partial charge on any atom is 0.120 e. The van der Waals surface area contributed by atoms with Gasteiger partial charge in [-0.3, -0.25) is 0 Å². The van der Waals surface area contributed by atoms with E-state index in [1.807, 2.05) is 12.1 Å². The van der Waals surface area contributed by atoms with Gasteiger partial charge in [0.2, 0.25) is 0 Å². The quantitative estimate of drug-likeness (QED) is 0.753. The molecule has 0 aliphatic rings. The van der Waals surface area contributed by atoms with E-state index >= 15 is 0 Å². The summed E-state index contributed by atoms with van der Waals surface area (Å²) in [5.74, 6) is 1.79. The summed E-state index contributed by atoms with van der Waals surface area (Å²) in [5.41, 5.74) is 0. The van der Waals surface area contributed by atoms with Crippen molar-refractivity contribution in [3.05, 3.63) is 24.2 Å². The molecule has 0 bridgehead atoms. The maximum atomic E-state index is 5.39. The Morgan fingerprint density at radius 2 is 2.14 bits per heavy atom. The second-order valence-electron chi connectivity index (χ2n) is 3.90. The van der Waals surface area contributed by atoms with Gasteiger partial charge in [-0.25, -0.2) is 0 Å². The van der Waals surface area contributed by atoms with Crippen LogP contribution < -0.4 is 5.32 Å². The van der Waals surface area contributed by atoms with Gasteiger partial charge < -0.3 is 9.73 Å². The fourth-order valence-electron chi connectivity index (χ4n) is 1.42. The molecule has 1 heterocycles. The largest absolute Gasteiger partial charge is 0.468 e. The topological polar surface area (TPSA) is 25.2 Å². The van der Waals surface area contributed by atoms with E-state index in [1.165, 1.54) is 6.42 Å². The van der Waals surface area contributed by atoms with Crippen LogP contribution in [0.1, 0.15) is 45.4 Å². The van der Waals surface area contributed by atoms with Gasteiger partial charge >= 0.3 is 0 Å². The molecule has 0 fully saturated rings. The summed E-state index contributed by atoms with van der Waals surface area (Å²) in [6.07, 6.45) is 4.04. The minimum Gasteiger partial charge on any atom is -0.468 e. The van der Waals surface area contributed by atoms with E-state index in [1.54, 1.807) is 6.26 Å². The average molecular weight is 195 g/mol. The van der Waals surface area contributed by atoms with Crippen molar-refractivity contribution in [2.75, 3.05) is 6.54 Å². The molecule has 0 saturated heterocycles. The molecule has 0 aromatic carbocycles. The molecule has 2 atom stereocenters. The molecule has 2 nitrogen and oxygen atoms in total. The highest BCUT2D eigenvalue weighted by Crippen LogP contribution is 2.17. The van der Waals surface area contributed by atoms with Gasteiger partial charge in [0, 0.05) is 0 Å². The van der Waals surface area contributed by atoms with Crippen molar-refractivity contribution in [2.24, 2.45) is 5.92 Å². The monoisotopic (exact) mass is 195 g/mol. The lowest BCUT2D eigenvalue weighted by Crippen LogP contribution is -2.25. The van der Waals surface area contributed by atoms with Crippen molar-refractivity contribution >= 4 is 0 Å². The maximum absolute atomic E-state index is 5.39.